The minimum atomic E-state index is -0.582. The fourth-order valence-electron chi connectivity index (χ4n) is 3.40. The predicted octanol–water partition coefficient (Wildman–Crippen LogP) is 5.62. The molecule has 1 aromatic heterocycles. The Balaban J connectivity index is 1.59. The van der Waals surface area contributed by atoms with Gasteiger partial charge in [-0.15, -0.1) is 11.3 Å². The van der Waals surface area contributed by atoms with E-state index in [0.29, 0.717) is 20.7 Å². The highest BCUT2D eigenvalue weighted by atomic mass is 35.5. The van der Waals surface area contributed by atoms with Gasteiger partial charge in [0.2, 0.25) is 5.91 Å². The highest BCUT2D eigenvalue weighted by Crippen LogP contribution is 2.42. The van der Waals surface area contributed by atoms with Gasteiger partial charge in [0.05, 0.1) is 21.2 Å². The Morgan fingerprint density at radius 2 is 1.90 bits per heavy atom. The molecule has 0 saturated heterocycles. The summed E-state index contributed by atoms with van der Waals surface area (Å²) < 4.78 is 0. The van der Waals surface area contributed by atoms with Crippen LogP contribution in [-0.4, -0.2) is 23.8 Å². The first kappa shape index (κ1) is 19.9. The van der Waals surface area contributed by atoms with Crippen molar-refractivity contribution in [3.63, 3.8) is 0 Å². The molecule has 8 heteroatoms. The molecule has 0 bridgehead atoms. The Morgan fingerprint density at radius 1 is 1.14 bits per heavy atom. The lowest BCUT2D eigenvalue weighted by Gasteiger charge is -2.16. The fourth-order valence-corrected chi connectivity index (χ4v) is 4.42. The first-order valence-electron chi connectivity index (χ1n) is 8.83. The number of aromatic nitrogens is 1. The molecule has 1 aliphatic heterocycles. The molecule has 0 unspecified atom stereocenters. The van der Waals surface area contributed by atoms with Crippen molar-refractivity contribution < 1.29 is 9.59 Å². The summed E-state index contributed by atoms with van der Waals surface area (Å²) in [6, 6.07) is 10.6. The smallest absolute Gasteiger partial charge is 0.257 e. The number of benzene rings is 2. The number of carbonyl (C=O) groups excluding carboxylic acids is 2. The van der Waals surface area contributed by atoms with E-state index in [1.54, 1.807) is 24.1 Å². The van der Waals surface area contributed by atoms with Gasteiger partial charge in [0.25, 0.3) is 5.91 Å². The number of likely N-dealkylation sites (N-methyl/N-ethyl adjacent to an activating group) is 1. The molecule has 0 spiro atoms. The van der Waals surface area contributed by atoms with Gasteiger partial charge in [-0.25, -0.2) is 4.98 Å². The minimum Gasteiger partial charge on any atom is -0.314 e. The average Bonchev–Trinajstić information content (AvgIpc) is 3.22. The maximum Gasteiger partial charge on any atom is 0.257 e. The van der Waals surface area contributed by atoms with Crippen molar-refractivity contribution in [3.05, 3.63) is 63.0 Å². The van der Waals surface area contributed by atoms with Crippen LogP contribution in [0.2, 0.25) is 10.0 Å². The Labute approximate surface area is 182 Å². The van der Waals surface area contributed by atoms with Crippen molar-refractivity contribution in [1.29, 1.82) is 0 Å². The second kappa shape index (κ2) is 7.13. The summed E-state index contributed by atoms with van der Waals surface area (Å²) in [6.45, 7) is 3.84. The molecular weight excluding hydrogens is 429 g/mol. The van der Waals surface area contributed by atoms with Gasteiger partial charge < -0.3 is 4.90 Å². The maximum atomic E-state index is 12.5. The van der Waals surface area contributed by atoms with Crippen molar-refractivity contribution in [2.45, 2.75) is 19.3 Å². The number of halogens is 2. The molecule has 29 heavy (non-hydrogen) atoms. The number of hydrogen-bond donors (Lipinski definition) is 1. The van der Waals surface area contributed by atoms with E-state index in [9.17, 15) is 9.59 Å². The van der Waals surface area contributed by atoms with Gasteiger partial charge >= 0.3 is 0 Å². The summed E-state index contributed by atoms with van der Waals surface area (Å²) in [4.78, 5) is 31.1. The molecule has 2 amide bonds. The van der Waals surface area contributed by atoms with Crippen LogP contribution < -0.4 is 10.2 Å². The Bertz CT molecular complexity index is 1160. The van der Waals surface area contributed by atoms with E-state index in [1.165, 1.54) is 17.4 Å². The van der Waals surface area contributed by atoms with Gasteiger partial charge in [-0.2, -0.15) is 0 Å². The van der Waals surface area contributed by atoms with Gasteiger partial charge in [0.15, 0.2) is 5.13 Å². The third-order valence-electron chi connectivity index (χ3n) is 5.07. The second-order valence-corrected chi connectivity index (χ2v) is 9.01. The molecule has 3 aromatic rings. The number of fused-ring (bicyclic) bond motifs is 1. The largest absolute Gasteiger partial charge is 0.314 e. The van der Waals surface area contributed by atoms with E-state index in [0.717, 1.165) is 22.5 Å². The summed E-state index contributed by atoms with van der Waals surface area (Å²) >= 11 is 13.2. The summed E-state index contributed by atoms with van der Waals surface area (Å²) in [5.74, 6) is -0.246. The van der Waals surface area contributed by atoms with Gasteiger partial charge in [-0.05, 0) is 49.7 Å². The van der Waals surface area contributed by atoms with E-state index in [1.807, 2.05) is 37.4 Å². The van der Waals surface area contributed by atoms with E-state index < -0.39 is 5.41 Å². The van der Waals surface area contributed by atoms with Crippen molar-refractivity contribution in [2.24, 2.45) is 0 Å². The van der Waals surface area contributed by atoms with Crippen LogP contribution in [0, 0.1) is 0 Å². The van der Waals surface area contributed by atoms with Crippen LogP contribution in [-0.2, 0) is 10.2 Å². The quantitative estimate of drug-likeness (QED) is 0.568. The lowest BCUT2D eigenvalue weighted by Crippen LogP contribution is -2.33. The molecule has 0 atom stereocenters. The zero-order valence-corrected chi connectivity index (χ0v) is 18.2. The Morgan fingerprint density at radius 3 is 2.62 bits per heavy atom. The van der Waals surface area contributed by atoms with Gasteiger partial charge in [0.1, 0.15) is 0 Å². The SMILES string of the molecule is CN1C(=O)C(C)(C)c2cc(-c3csc(NC(=O)c4ccc(Cl)c(Cl)c4)n3)ccc21. The average molecular weight is 446 g/mol. The second-order valence-electron chi connectivity index (χ2n) is 7.34. The summed E-state index contributed by atoms with van der Waals surface area (Å²) in [5.41, 5.74) is 3.33. The van der Waals surface area contributed by atoms with Crippen LogP contribution in [0.5, 0.6) is 0 Å². The topological polar surface area (TPSA) is 62.3 Å². The summed E-state index contributed by atoms with van der Waals surface area (Å²) in [6.07, 6.45) is 0. The number of thiazole rings is 1. The molecule has 1 aliphatic rings. The number of nitrogens with one attached hydrogen (secondary N) is 1. The first-order valence-corrected chi connectivity index (χ1v) is 10.5. The zero-order chi connectivity index (χ0) is 20.9. The summed E-state index contributed by atoms with van der Waals surface area (Å²) in [7, 11) is 1.79. The van der Waals surface area contributed by atoms with E-state index in [-0.39, 0.29) is 11.8 Å². The lowest BCUT2D eigenvalue weighted by molar-refractivity contribution is -0.121. The molecule has 0 radical (unpaired) electrons. The minimum absolute atomic E-state index is 0.0671. The third-order valence-corrected chi connectivity index (χ3v) is 6.57. The van der Waals surface area contributed by atoms with E-state index in [2.05, 4.69) is 10.3 Å². The van der Waals surface area contributed by atoms with Gasteiger partial charge in [-0.1, -0.05) is 29.3 Å². The standard InChI is InChI=1S/C21H17Cl2N3O2S/c1-21(2)13-8-11(5-7-17(13)26(3)19(21)28)16-10-29-20(24-16)25-18(27)12-4-6-14(22)15(23)9-12/h4-10H,1-3H3,(H,24,25,27). The Kier molecular flexibility index (Phi) is 4.89. The normalized spacial score (nSPS) is 14.8. The molecule has 4 rings (SSSR count). The van der Waals surface area contributed by atoms with Crippen LogP contribution in [0.4, 0.5) is 10.8 Å². The molecule has 0 aliphatic carbocycles. The molecule has 0 saturated carbocycles. The van der Waals surface area contributed by atoms with Crippen LogP contribution in [0.1, 0.15) is 29.8 Å². The predicted molar refractivity (Wildman–Crippen MR) is 118 cm³/mol. The number of rotatable bonds is 3. The monoisotopic (exact) mass is 445 g/mol. The van der Waals surface area contributed by atoms with Gasteiger partial charge in [-0.3, -0.25) is 14.9 Å². The zero-order valence-electron chi connectivity index (χ0n) is 15.9. The molecule has 0 fully saturated rings. The number of carbonyl (C=O) groups is 2. The number of amides is 2. The van der Waals surface area contributed by atoms with Crippen LogP contribution in [0.3, 0.4) is 0 Å². The lowest BCUT2D eigenvalue weighted by atomic mass is 9.85. The molecule has 148 valence electrons. The van der Waals surface area contributed by atoms with Crippen LogP contribution in [0.25, 0.3) is 11.3 Å². The van der Waals surface area contributed by atoms with Crippen molar-refractivity contribution in [3.8, 4) is 11.3 Å². The number of anilines is 2. The van der Waals surface area contributed by atoms with Crippen LogP contribution in [0.15, 0.2) is 41.8 Å². The van der Waals surface area contributed by atoms with E-state index in [4.69, 9.17) is 23.2 Å². The Hall–Kier alpha value is -2.41. The summed E-state index contributed by atoms with van der Waals surface area (Å²) in [5, 5.41) is 5.84. The van der Waals surface area contributed by atoms with Crippen molar-refractivity contribution in [2.75, 3.05) is 17.3 Å². The number of nitrogens with zero attached hydrogens (tertiary/aromatic N) is 2. The fraction of sp³-hybridized carbons (Fsp3) is 0.190. The molecule has 2 heterocycles. The van der Waals surface area contributed by atoms with Crippen molar-refractivity contribution >= 4 is 57.2 Å². The van der Waals surface area contributed by atoms with Crippen molar-refractivity contribution in [1.82, 2.24) is 4.98 Å². The van der Waals surface area contributed by atoms with Gasteiger partial charge in [0, 0.05) is 29.2 Å². The highest BCUT2D eigenvalue weighted by molar-refractivity contribution is 7.14. The number of hydrogen-bond acceptors (Lipinski definition) is 4. The highest BCUT2D eigenvalue weighted by Gasteiger charge is 2.42. The molecule has 5 nitrogen and oxygen atoms in total. The van der Waals surface area contributed by atoms with E-state index >= 15 is 0 Å². The van der Waals surface area contributed by atoms with Crippen LogP contribution >= 0.6 is 34.5 Å². The molecule has 1 N–H and O–H groups in total. The third kappa shape index (κ3) is 3.41. The maximum absolute atomic E-state index is 12.5. The first-order chi connectivity index (χ1) is 13.7. The molecule has 2 aromatic carbocycles. The molecular formula is C21H17Cl2N3O2S.